The third-order valence-electron chi connectivity index (χ3n) is 4.61. The van der Waals surface area contributed by atoms with Crippen LogP contribution in [-0.4, -0.2) is 84.7 Å². The zero-order valence-electron chi connectivity index (χ0n) is 19.3. The first-order valence-corrected chi connectivity index (χ1v) is 12.1. The van der Waals surface area contributed by atoms with Crippen molar-refractivity contribution in [3.8, 4) is 23.7 Å². The second-order valence-electron chi connectivity index (χ2n) is 7.30. The fourth-order valence-electron chi connectivity index (χ4n) is 3.24. The molecule has 1 aromatic rings. The van der Waals surface area contributed by atoms with Gasteiger partial charge in [0, 0.05) is 24.3 Å². The summed E-state index contributed by atoms with van der Waals surface area (Å²) < 4.78 is 61.0. The SMILES string of the molecule is CCOC1(C(C(=O)NO)N(C=O)c2ccc(C#CC#CCCO)cc2)CS(=O)(=O)C1.O=C(O)C(F)(F)F. The highest BCUT2D eigenvalue weighted by Crippen LogP contribution is 2.35. The number of nitrogens with zero attached hydrogens (tertiary/aromatic N) is 1. The Labute approximate surface area is 210 Å². The van der Waals surface area contributed by atoms with Crippen molar-refractivity contribution < 1.29 is 56.1 Å². The first-order chi connectivity index (χ1) is 17.3. The highest BCUT2D eigenvalue weighted by atomic mass is 32.2. The number of carboxylic acids is 1. The lowest BCUT2D eigenvalue weighted by atomic mass is 9.94. The van der Waals surface area contributed by atoms with Gasteiger partial charge < -0.3 is 14.9 Å². The van der Waals surface area contributed by atoms with Crippen LogP contribution in [0.15, 0.2) is 24.3 Å². The largest absolute Gasteiger partial charge is 0.490 e. The molecular weight excluding hydrogens is 525 g/mol. The number of aliphatic hydroxyl groups excluding tert-OH is 1. The molecule has 2 rings (SSSR count). The van der Waals surface area contributed by atoms with Crippen molar-refractivity contribution in [2.75, 3.05) is 29.6 Å². The number of sulfone groups is 1. The molecule has 1 aliphatic heterocycles. The van der Waals surface area contributed by atoms with Gasteiger partial charge in [-0.05, 0) is 43.0 Å². The number of hydrogen-bond acceptors (Lipinski definition) is 8. The van der Waals surface area contributed by atoms with Crippen molar-refractivity contribution in [1.82, 2.24) is 5.48 Å². The lowest BCUT2D eigenvalue weighted by Crippen LogP contribution is -2.71. The van der Waals surface area contributed by atoms with Crippen molar-refractivity contribution in [1.29, 1.82) is 0 Å². The van der Waals surface area contributed by atoms with Crippen LogP contribution < -0.4 is 10.4 Å². The Morgan fingerprint density at radius 2 is 1.81 bits per heavy atom. The topological polar surface area (TPSA) is 171 Å². The number of aliphatic hydroxyl groups is 1. The smallest absolute Gasteiger partial charge is 0.475 e. The molecule has 1 heterocycles. The van der Waals surface area contributed by atoms with E-state index in [1.165, 1.54) is 17.6 Å². The summed E-state index contributed by atoms with van der Waals surface area (Å²) in [6.45, 7) is 1.71. The van der Waals surface area contributed by atoms with Crippen molar-refractivity contribution in [3.63, 3.8) is 0 Å². The first-order valence-electron chi connectivity index (χ1n) is 10.3. The summed E-state index contributed by atoms with van der Waals surface area (Å²) in [5.41, 5.74) is 0.910. The second kappa shape index (κ2) is 13.6. The van der Waals surface area contributed by atoms with Crippen LogP contribution >= 0.6 is 0 Å². The molecule has 1 aromatic carbocycles. The van der Waals surface area contributed by atoms with Gasteiger partial charge >= 0.3 is 12.1 Å². The van der Waals surface area contributed by atoms with Crippen molar-refractivity contribution in [2.24, 2.45) is 0 Å². The van der Waals surface area contributed by atoms with Gasteiger partial charge in [-0.2, -0.15) is 13.2 Å². The van der Waals surface area contributed by atoms with E-state index in [2.05, 4.69) is 23.7 Å². The lowest BCUT2D eigenvalue weighted by molar-refractivity contribution is -0.192. The molecule has 15 heteroatoms. The number of aliphatic carboxylic acids is 1. The number of rotatable bonds is 8. The summed E-state index contributed by atoms with van der Waals surface area (Å²) in [7, 11) is -3.42. The Morgan fingerprint density at radius 3 is 2.22 bits per heavy atom. The normalized spacial score (nSPS) is 15.5. The lowest BCUT2D eigenvalue weighted by Gasteiger charge is -2.47. The fourth-order valence-corrected chi connectivity index (χ4v) is 5.13. The maximum Gasteiger partial charge on any atom is 0.490 e. The van der Waals surface area contributed by atoms with Gasteiger partial charge in [0.25, 0.3) is 5.91 Å². The van der Waals surface area contributed by atoms with Gasteiger partial charge in [-0.25, -0.2) is 18.7 Å². The number of carbonyl (C=O) groups excluding carboxylic acids is 2. The molecule has 1 atom stereocenters. The van der Waals surface area contributed by atoms with Crippen LogP contribution in [0.25, 0.3) is 0 Å². The summed E-state index contributed by atoms with van der Waals surface area (Å²) >= 11 is 0. The van der Waals surface area contributed by atoms with Crippen LogP contribution in [-0.2, 0) is 29.0 Å². The monoisotopic (exact) mass is 548 g/mol. The Hall–Kier alpha value is -3.63. The molecule has 2 amide bonds. The maximum atomic E-state index is 12.4. The third kappa shape index (κ3) is 9.07. The Morgan fingerprint density at radius 1 is 1.24 bits per heavy atom. The molecule has 1 saturated heterocycles. The molecule has 0 saturated carbocycles. The Bertz CT molecular complexity index is 1180. The molecule has 1 aliphatic rings. The maximum absolute atomic E-state index is 12.4. The number of anilines is 1. The third-order valence-corrected chi connectivity index (χ3v) is 6.47. The van der Waals surface area contributed by atoms with Crippen molar-refractivity contribution >= 4 is 33.8 Å². The summed E-state index contributed by atoms with van der Waals surface area (Å²) in [6.07, 6.45) is -4.37. The number of carboxylic acid groups (broad SMARTS) is 1. The number of hydroxylamine groups is 1. The number of benzene rings is 1. The van der Waals surface area contributed by atoms with Gasteiger partial charge in [-0.15, -0.1) is 0 Å². The van der Waals surface area contributed by atoms with E-state index in [0.29, 0.717) is 24.1 Å². The van der Waals surface area contributed by atoms with E-state index >= 15 is 0 Å². The Kier molecular flexibility index (Phi) is 11.6. The van der Waals surface area contributed by atoms with Crippen LogP contribution in [0, 0.1) is 23.7 Å². The van der Waals surface area contributed by atoms with E-state index in [9.17, 15) is 36.4 Å². The molecule has 0 aromatic heterocycles. The number of ether oxygens (including phenoxy) is 1. The quantitative estimate of drug-likeness (QED) is 0.152. The summed E-state index contributed by atoms with van der Waals surface area (Å²) in [5, 5.41) is 25.0. The highest BCUT2D eigenvalue weighted by molar-refractivity contribution is 7.93. The number of carbonyl (C=O) groups is 3. The van der Waals surface area contributed by atoms with Crippen molar-refractivity contribution in [3.05, 3.63) is 29.8 Å². The molecule has 0 bridgehead atoms. The molecule has 0 radical (unpaired) electrons. The minimum absolute atomic E-state index is 0.0436. The van der Waals surface area contributed by atoms with Gasteiger partial charge in [0.05, 0.1) is 18.1 Å². The average Bonchev–Trinajstić information content (AvgIpc) is 2.81. The molecule has 202 valence electrons. The molecule has 1 fully saturated rings. The zero-order valence-corrected chi connectivity index (χ0v) is 20.1. The van der Waals surface area contributed by atoms with E-state index in [-0.39, 0.29) is 13.2 Å². The zero-order chi connectivity index (χ0) is 28.3. The number of alkyl halides is 3. The molecule has 0 aliphatic carbocycles. The van der Waals surface area contributed by atoms with Crippen LogP contribution in [0.1, 0.15) is 18.9 Å². The predicted molar refractivity (Wildman–Crippen MR) is 122 cm³/mol. The van der Waals surface area contributed by atoms with E-state index in [4.69, 9.17) is 19.7 Å². The van der Waals surface area contributed by atoms with Gasteiger partial charge in [0.1, 0.15) is 11.6 Å². The predicted octanol–water partition coefficient (Wildman–Crippen LogP) is 0.0977. The van der Waals surface area contributed by atoms with Crippen molar-refractivity contribution in [2.45, 2.75) is 31.2 Å². The number of nitrogens with one attached hydrogen (secondary N) is 1. The standard InChI is InChI=1S/C20H22N2O7S.C2HF3O2/c1-2-29-20(13-30(27,28)14-20)18(19(25)21-26)22(15-24)17-10-8-16(9-11-17)7-5-3-4-6-12-23;3-2(4,5)1(6)7/h8-11,15,18,23,26H,2,6,12-14H2,1H3,(H,21,25);(H,6,7). The second-order valence-corrected chi connectivity index (χ2v) is 9.36. The van der Waals surface area contributed by atoms with Crippen LogP contribution in [0.5, 0.6) is 0 Å². The van der Waals surface area contributed by atoms with Gasteiger partial charge in [0.15, 0.2) is 9.84 Å². The van der Waals surface area contributed by atoms with E-state index < -0.39 is 51.0 Å². The van der Waals surface area contributed by atoms with Gasteiger partial charge in [-0.1, -0.05) is 11.8 Å². The van der Waals surface area contributed by atoms with Crippen LogP contribution in [0.2, 0.25) is 0 Å². The fraction of sp³-hybridized carbons (Fsp3) is 0.409. The average molecular weight is 548 g/mol. The molecule has 1 unspecified atom stereocenters. The van der Waals surface area contributed by atoms with Gasteiger partial charge in [-0.3, -0.25) is 19.7 Å². The van der Waals surface area contributed by atoms with Gasteiger partial charge in [0.2, 0.25) is 6.41 Å². The molecule has 37 heavy (non-hydrogen) atoms. The molecular formula is C22H23F3N2O9S. The number of hydrogen-bond donors (Lipinski definition) is 4. The molecule has 4 N–H and O–H groups in total. The summed E-state index contributed by atoms with van der Waals surface area (Å²) in [4.78, 5) is 34.2. The summed E-state index contributed by atoms with van der Waals surface area (Å²) in [5.74, 6) is 6.06. The van der Waals surface area contributed by atoms with E-state index in [1.807, 2.05) is 0 Å². The Balaban J connectivity index is 0.000000856. The van der Waals surface area contributed by atoms with E-state index in [1.54, 1.807) is 19.1 Å². The van der Waals surface area contributed by atoms with E-state index in [0.717, 1.165) is 4.90 Å². The van der Waals surface area contributed by atoms with Crippen LogP contribution in [0.4, 0.5) is 18.9 Å². The number of halogens is 3. The highest BCUT2D eigenvalue weighted by Gasteiger charge is 2.59. The minimum atomic E-state index is -5.08. The van der Waals surface area contributed by atoms with Crippen LogP contribution in [0.3, 0.4) is 0 Å². The first kappa shape index (κ1) is 31.4. The summed E-state index contributed by atoms with van der Waals surface area (Å²) in [6, 6.07) is 4.87. The molecule has 11 nitrogen and oxygen atoms in total. The minimum Gasteiger partial charge on any atom is -0.475 e. The number of amides is 2. The molecule has 0 spiro atoms.